The fourth-order valence-corrected chi connectivity index (χ4v) is 1.77. The minimum absolute atomic E-state index is 0.0227. The molecule has 1 rings (SSSR count). The van der Waals surface area contributed by atoms with Crippen LogP contribution in [0.2, 0.25) is 5.02 Å². The molecule has 0 aliphatic rings. The third-order valence-corrected chi connectivity index (χ3v) is 2.79. The summed E-state index contributed by atoms with van der Waals surface area (Å²) in [5, 5.41) is 13.3. The van der Waals surface area contributed by atoms with Gasteiger partial charge in [-0.3, -0.25) is 14.9 Å². The highest BCUT2D eigenvalue weighted by molar-refractivity contribution is 6.32. The molecule has 0 unspecified atom stereocenters. The second-order valence-electron chi connectivity index (χ2n) is 4.65. The van der Waals surface area contributed by atoms with E-state index in [1.54, 1.807) is 0 Å². The van der Waals surface area contributed by atoms with Crippen LogP contribution in [0.5, 0.6) is 0 Å². The van der Waals surface area contributed by atoms with Gasteiger partial charge in [0.05, 0.1) is 11.0 Å². The first kappa shape index (κ1) is 15.4. The number of anilines is 1. The third-order valence-electron chi connectivity index (χ3n) is 2.47. The van der Waals surface area contributed by atoms with E-state index in [1.807, 2.05) is 13.8 Å². The molecule has 1 aromatic rings. The Balaban J connectivity index is 2.80. The lowest BCUT2D eigenvalue weighted by Crippen LogP contribution is -2.36. The predicted octanol–water partition coefficient (Wildman–Crippen LogP) is 2.56. The van der Waals surface area contributed by atoms with Crippen molar-refractivity contribution in [2.75, 3.05) is 5.32 Å². The molecule has 0 radical (unpaired) electrons. The first-order valence-electron chi connectivity index (χ1n) is 5.81. The largest absolute Gasteiger partial charge is 0.324 e. The lowest BCUT2D eigenvalue weighted by molar-refractivity contribution is -0.384. The van der Waals surface area contributed by atoms with Crippen LogP contribution in [-0.2, 0) is 4.79 Å². The van der Waals surface area contributed by atoms with Gasteiger partial charge in [0.2, 0.25) is 5.91 Å². The van der Waals surface area contributed by atoms with Crippen molar-refractivity contribution < 1.29 is 9.72 Å². The molecule has 0 aliphatic carbocycles. The van der Waals surface area contributed by atoms with E-state index in [0.717, 1.165) is 0 Å². The quantitative estimate of drug-likeness (QED) is 0.641. The van der Waals surface area contributed by atoms with Gasteiger partial charge in [0, 0.05) is 11.8 Å². The first-order valence-corrected chi connectivity index (χ1v) is 6.19. The van der Waals surface area contributed by atoms with Gasteiger partial charge in [-0.2, -0.15) is 0 Å². The molecule has 0 saturated carbocycles. The lowest BCUT2D eigenvalue weighted by Gasteiger charge is -2.14. The van der Waals surface area contributed by atoms with Crippen LogP contribution in [0.1, 0.15) is 20.3 Å². The molecule has 0 saturated heterocycles. The summed E-state index contributed by atoms with van der Waals surface area (Å²) >= 11 is 5.68. The summed E-state index contributed by atoms with van der Waals surface area (Å²) in [6, 6.07) is 3.43. The topological polar surface area (TPSA) is 98.3 Å². The van der Waals surface area contributed by atoms with Crippen molar-refractivity contribution in [3.8, 4) is 0 Å². The monoisotopic (exact) mass is 285 g/mol. The highest BCUT2D eigenvalue weighted by atomic mass is 35.5. The van der Waals surface area contributed by atoms with Gasteiger partial charge < -0.3 is 11.1 Å². The Morgan fingerprint density at radius 1 is 1.53 bits per heavy atom. The standard InChI is InChI=1S/C12H16ClN3O3/c1-7(2)5-10(14)12(17)15-8-3-4-9(13)11(6-8)16(18)19/h3-4,6-7,10H,5,14H2,1-2H3,(H,15,17)/t10-/m1/s1. The summed E-state index contributed by atoms with van der Waals surface area (Å²) in [7, 11) is 0. The molecule has 0 heterocycles. The van der Waals surface area contributed by atoms with Gasteiger partial charge >= 0.3 is 0 Å². The van der Waals surface area contributed by atoms with Crippen molar-refractivity contribution in [3.63, 3.8) is 0 Å². The van der Waals surface area contributed by atoms with E-state index in [2.05, 4.69) is 5.32 Å². The number of amides is 1. The molecule has 3 N–H and O–H groups in total. The smallest absolute Gasteiger partial charge is 0.289 e. The Kier molecular flexibility index (Phi) is 5.26. The van der Waals surface area contributed by atoms with Gasteiger partial charge in [-0.15, -0.1) is 0 Å². The van der Waals surface area contributed by atoms with Gasteiger partial charge in [-0.1, -0.05) is 25.4 Å². The van der Waals surface area contributed by atoms with Gasteiger partial charge in [0.25, 0.3) is 5.69 Å². The molecule has 0 aromatic heterocycles. The lowest BCUT2D eigenvalue weighted by atomic mass is 10.0. The molecule has 1 atom stereocenters. The molecule has 19 heavy (non-hydrogen) atoms. The fraction of sp³-hybridized carbons (Fsp3) is 0.417. The number of hydrogen-bond acceptors (Lipinski definition) is 4. The number of rotatable bonds is 5. The van der Waals surface area contributed by atoms with Crippen molar-refractivity contribution in [2.24, 2.45) is 11.7 Å². The number of nitro benzene ring substituents is 1. The van der Waals surface area contributed by atoms with Crippen LogP contribution in [0.3, 0.4) is 0 Å². The predicted molar refractivity (Wildman–Crippen MR) is 74.2 cm³/mol. The van der Waals surface area contributed by atoms with Crippen molar-refractivity contribution in [2.45, 2.75) is 26.3 Å². The molecule has 0 bridgehead atoms. The second kappa shape index (κ2) is 6.49. The third kappa shape index (κ3) is 4.50. The normalized spacial score (nSPS) is 12.3. The number of benzene rings is 1. The van der Waals surface area contributed by atoms with Crippen molar-refractivity contribution in [1.29, 1.82) is 0 Å². The minimum atomic E-state index is -0.644. The Morgan fingerprint density at radius 3 is 2.68 bits per heavy atom. The zero-order valence-electron chi connectivity index (χ0n) is 10.7. The molecule has 0 aliphatic heterocycles. The van der Waals surface area contributed by atoms with Crippen molar-refractivity contribution >= 4 is 28.9 Å². The van der Waals surface area contributed by atoms with Crippen LogP contribution in [0.15, 0.2) is 18.2 Å². The number of nitrogens with two attached hydrogens (primary N) is 1. The van der Waals surface area contributed by atoms with Crippen molar-refractivity contribution in [1.82, 2.24) is 0 Å². The van der Waals surface area contributed by atoms with Crippen LogP contribution in [0.25, 0.3) is 0 Å². The molecular formula is C12H16ClN3O3. The number of carbonyl (C=O) groups is 1. The van der Waals surface area contributed by atoms with Gasteiger partial charge in [-0.05, 0) is 24.5 Å². The number of nitro groups is 1. The number of nitrogens with zero attached hydrogens (tertiary/aromatic N) is 1. The first-order chi connectivity index (χ1) is 8.81. The van der Waals surface area contributed by atoms with E-state index in [4.69, 9.17) is 17.3 Å². The SMILES string of the molecule is CC(C)C[C@@H](N)C(=O)Nc1ccc(Cl)c([N+](=O)[O-])c1. The molecule has 7 heteroatoms. The molecule has 104 valence electrons. The number of halogens is 1. The Hall–Kier alpha value is -1.66. The maximum Gasteiger partial charge on any atom is 0.289 e. The van der Waals surface area contributed by atoms with E-state index in [0.29, 0.717) is 18.0 Å². The second-order valence-corrected chi connectivity index (χ2v) is 5.06. The summed E-state index contributed by atoms with van der Waals surface area (Å²) in [6.07, 6.45) is 0.543. The summed E-state index contributed by atoms with van der Waals surface area (Å²) in [6.45, 7) is 3.92. The Morgan fingerprint density at radius 2 is 2.16 bits per heavy atom. The Bertz CT molecular complexity index is 491. The van der Waals surface area contributed by atoms with E-state index >= 15 is 0 Å². The number of nitrogens with one attached hydrogen (secondary N) is 1. The molecule has 6 nitrogen and oxygen atoms in total. The minimum Gasteiger partial charge on any atom is -0.324 e. The van der Waals surface area contributed by atoms with Crippen LogP contribution < -0.4 is 11.1 Å². The van der Waals surface area contributed by atoms with Crippen LogP contribution in [0.4, 0.5) is 11.4 Å². The molecule has 1 amide bonds. The van der Waals surface area contributed by atoms with E-state index in [9.17, 15) is 14.9 Å². The summed E-state index contributed by atoms with van der Waals surface area (Å²) in [4.78, 5) is 21.9. The average molecular weight is 286 g/mol. The summed E-state index contributed by atoms with van der Waals surface area (Å²) < 4.78 is 0. The maximum atomic E-state index is 11.8. The number of hydrogen-bond donors (Lipinski definition) is 2. The van der Waals surface area contributed by atoms with E-state index < -0.39 is 11.0 Å². The molecule has 1 aromatic carbocycles. The summed E-state index contributed by atoms with van der Waals surface area (Å²) in [5.41, 5.74) is 5.77. The average Bonchev–Trinajstić information content (AvgIpc) is 2.30. The highest BCUT2D eigenvalue weighted by Crippen LogP contribution is 2.27. The summed E-state index contributed by atoms with van der Waals surface area (Å²) in [5.74, 6) is -0.0781. The zero-order valence-corrected chi connectivity index (χ0v) is 11.5. The van der Waals surface area contributed by atoms with Gasteiger partial charge in [-0.25, -0.2) is 0 Å². The molecular weight excluding hydrogens is 270 g/mol. The fourth-order valence-electron chi connectivity index (χ4n) is 1.58. The highest BCUT2D eigenvalue weighted by Gasteiger charge is 2.17. The number of carbonyl (C=O) groups excluding carboxylic acids is 1. The Labute approximate surface area is 116 Å². The van der Waals surface area contributed by atoms with E-state index in [1.165, 1.54) is 18.2 Å². The van der Waals surface area contributed by atoms with Crippen LogP contribution in [0, 0.1) is 16.0 Å². The van der Waals surface area contributed by atoms with Gasteiger partial charge in [0.1, 0.15) is 5.02 Å². The zero-order chi connectivity index (χ0) is 14.6. The molecule has 0 fully saturated rings. The molecule has 0 spiro atoms. The maximum absolute atomic E-state index is 11.8. The van der Waals surface area contributed by atoms with Gasteiger partial charge in [0.15, 0.2) is 0 Å². The van der Waals surface area contributed by atoms with Crippen LogP contribution >= 0.6 is 11.6 Å². The van der Waals surface area contributed by atoms with E-state index in [-0.39, 0.29) is 16.6 Å². The van der Waals surface area contributed by atoms with Crippen LogP contribution in [-0.4, -0.2) is 16.9 Å². The van der Waals surface area contributed by atoms with Crippen molar-refractivity contribution in [3.05, 3.63) is 33.3 Å².